The molecule has 0 bridgehead atoms. The molecule has 1 saturated heterocycles. The first-order valence-electron chi connectivity index (χ1n) is 8.02. The van der Waals surface area contributed by atoms with Gasteiger partial charge in [-0.15, -0.1) is 0 Å². The van der Waals surface area contributed by atoms with Gasteiger partial charge in [0.1, 0.15) is 5.75 Å². The third-order valence-electron chi connectivity index (χ3n) is 5.12. The molecular weight excluding hydrogens is 310 g/mol. The highest BCUT2D eigenvalue weighted by molar-refractivity contribution is 6.32. The average Bonchev–Trinajstić information content (AvgIpc) is 2.95. The number of nitrogens with zero attached hydrogens (tertiary/aromatic N) is 1. The fraction of sp³-hybridized carbons (Fsp3) is 0.316. The number of carbonyl (C=O) groups excluding carboxylic acids is 1. The molecule has 3 nitrogen and oxygen atoms in total. The zero-order chi connectivity index (χ0) is 16.0. The Morgan fingerprint density at radius 2 is 2.04 bits per heavy atom. The molecule has 2 aromatic rings. The number of phenolic OH excluding ortho intramolecular Hbond substituents is 1. The Labute approximate surface area is 140 Å². The number of fused-ring (bicyclic) bond motifs is 3. The Morgan fingerprint density at radius 1 is 1.22 bits per heavy atom. The van der Waals surface area contributed by atoms with Gasteiger partial charge in [0.05, 0.1) is 5.02 Å². The molecule has 1 fully saturated rings. The molecule has 4 rings (SSSR count). The molecule has 23 heavy (non-hydrogen) atoms. The van der Waals surface area contributed by atoms with Crippen LogP contribution in [0.4, 0.5) is 0 Å². The van der Waals surface area contributed by atoms with Crippen molar-refractivity contribution in [3.05, 3.63) is 64.2 Å². The van der Waals surface area contributed by atoms with Crippen molar-refractivity contribution in [2.24, 2.45) is 0 Å². The second kappa shape index (κ2) is 5.57. The van der Waals surface area contributed by atoms with Crippen LogP contribution >= 0.6 is 11.6 Å². The van der Waals surface area contributed by atoms with Crippen LogP contribution in [0.3, 0.4) is 0 Å². The van der Waals surface area contributed by atoms with Crippen LogP contribution in [0.1, 0.15) is 40.2 Å². The molecule has 4 heteroatoms. The zero-order valence-corrected chi connectivity index (χ0v) is 13.5. The summed E-state index contributed by atoms with van der Waals surface area (Å²) in [5, 5.41) is 9.77. The van der Waals surface area contributed by atoms with E-state index >= 15 is 0 Å². The van der Waals surface area contributed by atoms with E-state index in [1.165, 1.54) is 17.2 Å². The Morgan fingerprint density at radius 3 is 2.87 bits per heavy atom. The highest BCUT2D eigenvalue weighted by atomic mass is 35.5. The van der Waals surface area contributed by atoms with Gasteiger partial charge < -0.3 is 10.0 Å². The molecule has 2 aromatic carbocycles. The SMILES string of the molecule is O=C(c1ccc(O)c(Cl)c1)N1CCC[C@@H]2c3ccccc3C[C@@H]21. The fourth-order valence-corrected chi connectivity index (χ4v) is 4.22. The van der Waals surface area contributed by atoms with E-state index in [4.69, 9.17) is 11.6 Å². The second-order valence-corrected chi connectivity index (χ2v) is 6.79. The van der Waals surface area contributed by atoms with Crippen molar-refractivity contribution in [1.82, 2.24) is 4.90 Å². The van der Waals surface area contributed by atoms with E-state index in [1.54, 1.807) is 12.1 Å². The maximum absolute atomic E-state index is 12.9. The number of rotatable bonds is 1. The number of hydrogen-bond acceptors (Lipinski definition) is 2. The second-order valence-electron chi connectivity index (χ2n) is 6.38. The Hall–Kier alpha value is -2.00. The molecule has 1 heterocycles. The van der Waals surface area contributed by atoms with Crippen LogP contribution in [0.15, 0.2) is 42.5 Å². The molecule has 0 saturated carbocycles. The molecule has 1 N–H and O–H groups in total. The number of phenols is 1. The maximum Gasteiger partial charge on any atom is 0.254 e. The Kier molecular flexibility index (Phi) is 3.53. The van der Waals surface area contributed by atoms with Gasteiger partial charge in [0.25, 0.3) is 5.91 Å². The Bertz CT molecular complexity index is 774. The number of halogens is 1. The van der Waals surface area contributed by atoms with Gasteiger partial charge in [0.15, 0.2) is 0 Å². The van der Waals surface area contributed by atoms with Gasteiger partial charge in [-0.25, -0.2) is 0 Å². The van der Waals surface area contributed by atoms with Gasteiger partial charge in [-0.3, -0.25) is 4.79 Å². The number of amides is 1. The van der Waals surface area contributed by atoms with Crippen molar-refractivity contribution in [3.63, 3.8) is 0 Å². The number of carbonyl (C=O) groups is 1. The van der Waals surface area contributed by atoms with Crippen molar-refractivity contribution in [1.29, 1.82) is 0 Å². The van der Waals surface area contributed by atoms with Crippen molar-refractivity contribution in [3.8, 4) is 5.75 Å². The van der Waals surface area contributed by atoms with E-state index in [-0.39, 0.29) is 22.7 Å². The smallest absolute Gasteiger partial charge is 0.254 e. The summed E-state index contributed by atoms with van der Waals surface area (Å²) in [5.41, 5.74) is 3.31. The summed E-state index contributed by atoms with van der Waals surface area (Å²) in [7, 11) is 0. The standard InChI is InChI=1S/C19H18ClNO2/c20-16-10-13(7-8-18(16)22)19(23)21-9-3-6-15-14-5-2-1-4-12(14)11-17(15)21/h1-2,4-5,7-8,10,15,17,22H,3,6,9,11H2/t15-,17+/m1/s1. The lowest BCUT2D eigenvalue weighted by atomic mass is 9.88. The van der Waals surface area contributed by atoms with Gasteiger partial charge >= 0.3 is 0 Å². The molecular formula is C19H18ClNO2. The molecule has 0 aromatic heterocycles. The molecule has 0 unspecified atom stereocenters. The molecule has 118 valence electrons. The summed E-state index contributed by atoms with van der Waals surface area (Å²) in [6, 6.07) is 13.5. The van der Waals surface area contributed by atoms with E-state index < -0.39 is 0 Å². The first-order valence-corrected chi connectivity index (χ1v) is 8.40. The number of hydrogen-bond donors (Lipinski definition) is 1. The lowest BCUT2D eigenvalue weighted by Crippen LogP contribution is -2.46. The van der Waals surface area contributed by atoms with Crippen molar-refractivity contribution >= 4 is 17.5 Å². The van der Waals surface area contributed by atoms with E-state index in [0.717, 1.165) is 25.8 Å². The lowest BCUT2D eigenvalue weighted by molar-refractivity contribution is 0.0595. The summed E-state index contributed by atoms with van der Waals surface area (Å²) in [4.78, 5) is 14.9. The molecule has 0 radical (unpaired) electrons. The molecule has 1 aliphatic heterocycles. The number of aromatic hydroxyl groups is 1. The summed E-state index contributed by atoms with van der Waals surface area (Å²) in [6.07, 6.45) is 3.09. The minimum Gasteiger partial charge on any atom is -0.506 e. The van der Waals surface area contributed by atoms with Crippen LogP contribution < -0.4 is 0 Å². The third-order valence-corrected chi connectivity index (χ3v) is 5.42. The van der Waals surface area contributed by atoms with Crippen LogP contribution in [0.2, 0.25) is 5.02 Å². The minimum atomic E-state index is 0.00742. The van der Waals surface area contributed by atoms with Gasteiger partial charge in [-0.2, -0.15) is 0 Å². The van der Waals surface area contributed by atoms with E-state index in [9.17, 15) is 9.90 Å². The topological polar surface area (TPSA) is 40.5 Å². The van der Waals surface area contributed by atoms with E-state index in [1.807, 2.05) is 4.90 Å². The van der Waals surface area contributed by atoms with Crippen LogP contribution in [0.25, 0.3) is 0 Å². The molecule has 2 aliphatic rings. The van der Waals surface area contributed by atoms with Crippen LogP contribution in [-0.2, 0) is 6.42 Å². The van der Waals surface area contributed by atoms with Gasteiger partial charge in [0, 0.05) is 24.1 Å². The molecule has 1 aliphatic carbocycles. The summed E-state index contributed by atoms with van der Waals surface area (Å²) in [5.74, 6) is 0.457. The average molecular weight is 328 g/mol. The molecule has 2 atom stereocenters. The van der Waals surface area contributed by atoms with Crippen LogP contribution in [0.5, 0.6) is 5.75 Å². The summed E-state index contributed by atoms with van der Waals surface area (Å²) < 4.78 is 0. The normalized spacial score (nSPS) is 22.6. The van der Waals surface area contributed by atoms with Crippen LogP contribution in [-0.4, -0.2) is 28.5 Å². The predicted molar refractivity (Wildman–Crippen MR) is 90.1 cm³/mol. The van der Waals surface area contributed by atoms with Crippen molar-refractivity contribution < 1.29 is 9.90 Å². The highest BCUT2D eigenvalue weighted by Crippen LogP contribution is 2.42. The fourth-order valence-electron chi connectivity index (χ4n) is 4.04. The zero-order valence-electron chi connectivity index (χ0n) is 12.7. The first-order chi connectivity index (χ1) is 11.1. The van der Waals surface area contributed by atoms with Gasteiger partial charge in [0.2, 0.25) is 0 Å². The molecule has 1 amide bonds. The number of benzene rings is 2. The quantitative estimate of drug-likeness (QED) is 0.860. The molecule has 0 spiro atoms. The van der Waals surface area contributed by atoms with Gasteiger partial charge in [-0.05, 0) is 48.6 Å². The van der Waals surface area contributed by atoms with Gasteiger partial charge in [-0.1, -0.05) is 35.9 Å². The Balaban J connectivity index is 1.65. The van der Waals surface area contributed by atoms with Crippen molar-refractivity contribution in [2.75, 3.05) is 6.54 Å². The van der Waals surface area contributed by atoms with Crippen molar-refractivity contribution in [2.45, 2.75) is 31.2 Å². The predicted octanol–water partition coefficient (Wildman–Crippen LogP) is 3.99. The van der Waals surface area contributed by atoms with E-state index in [0.29, 0.717) is 11.5 Å². The summed E-state index contributed by atoms with van der Waals surface area (Å²) >= 11 is 5.96. The first kappa shape index (κ1) is 14.6. The number of likely N-dealkylation sites (tertiary alicyclic amines) is 1. The van der Waals surface area contributed by atoms with E-state index in [2.05, 4.69) is 24.3 Å². The maximum atomic E-state index is 12.9. The minimum absolute atomic E-state index is 0.00742. The lowest BCUT2D eigenvalue weighted by Gasteiger charge is -2.38. The largest absolute Gasteiger partial charge is 0.506 e. The monoisotopic (exact) mass is 327 g/mol. The number of piperidine rings is 1. The summed E-state index contributed by atoms with van der Waals surface area (Å²) in [6.45, 7) is 0.784. The van der Waals surface area contributed by atoms with Crippen LogP contribution in [0, 0.1) is 0 Å². The third kappa shape index (κ3) is 2.40. The highest BCUT2D eigenvalue weighted by Gasteiger charge is 2.40.